The molecule has 0 saturated carbocycles. The topological polar surface area (TPSA) is 62.6 Å². The maximum Gasteiger partial charge on any atom is 0.410 e. The van der Waals surface area contributed by atoms with Gasteiger partial charge in [-0.2, -0.15) is 5.26 Å². The number of hydrogen-bond donors (Lipinski definition) is 0. The van der Waals surface area contributed by atoms with Gasteiger partial charge in [-0.1, -0.05) is 66.7 Å². The fourth-order valence-electron chi connectivity index (χ4n) is 3.39. The molecule has 146 valence electrons. The van der Waals surface area contributed by atoms with Crippen LogP contribution in [0, 0.1) is 11.3 Å². The molecule has 4 atom stereocenters. The zero-order valence-electron chi connectivity index (χ0n) is 16.4. The summed E-state index contributed by atoms with van der Waals surface area (Å²) in [5.74, 6) is 0. The van der Waals surface area contributed by atoms with Crippen LogP contribution in [0.3, 0.4) is 0 Å². The minimum Gasteiger partial charge on any atom is -0.287 e. The molecule has 1 aliphatic heterocycles. The number of nitrogens with zero attached hydrogens (tertiary/aromatic N) is 2. The van der Waals surface area contributed by atoms with Gasteiger partial charge < -0.3 is 0 Å². The van der Waals surface area contributed by atoms with Crippen LogP contribution in [-0.2, 0) is 20.0 Å². The van der Waals surface area contributed by atoms with Crippen molar-refractivity contribution < 1.29 is 13.6 Å². The molecule has 0 radical (unpaired) electrons. The predicted molar refractivity (Wildman–Crippen MR) is 109 cm³/mol. The van der Waals surface area contributed by atoms with Crippen molar-refractivity contribution in [3.05, 3.63) is 83.9 Å². The Balaban J connectivity index is 1.91. The predicted octanol–water partition coefficient (Wildman–Crippen LogP) is 5.28. The van der Waals surface area contributed by atoms with E-state index >= 15 is 0 Å². The van der Waals surface area contributed by atoms with E-state index in [0.717, 1.165) is 11.1 Å². The number of hydrogen-bond acceptors (Lipinski definition) is 4. The number of benzene rings is 2. The summed E-state index contributed by atoms with van der Waals surface area (Å²) in [5.41, 5.74) is 0.466. The molecule has 1 aliphatic rings. The maximum atomic E-state index is 13.7. The minimum absolute atomic E-state index is 0.160. The molecule has 0 aliphatic carbocycles. The Kier molecular flexibility index (Phi) is 6.17. The highest BCUT2D eigenvalue weighted by Gasteiger charge is 2.52. The highest BCUT2D eigenvalue weighted by atomic mass is 31.2. The normalized spacial score (nSPS) is 27.5. The molecule has 0 bridgehead atoms. The smallest absolute Gasteiger partial charge is 0.287 e. The molecule has 3 rings (SSSR count). The van der Waals surface area contributed by atoms with Gasteiger partial charge in [-0.05, 0) is 38.1 Å². The van der Waals surface area contributed by atoms with Gasteiger partial charge >= 0.3 is 7.75 Å². The van der Waals surface area contributed by atoms with E-state index in [1.807, 2.05) is 74.5 Å². The summed E-state index contributed by atoms with van der Waals surface area (Å²) in [5, 5.41) is 9.96. The molecule has 2 aromatic rings. The summed E-state index contributed by atoms with van der Waals surface area (Å²) in [7, 11) is -1.97. The SMILES string of the molecule is C/C=C/C(C#N)(Cc1ccccc1)OP1(=O)OC(c2ccccc2)C(C)N1C. The summed E-state index contributed by atoms with van der Waals surface area (Å²) in [6, 6.07) is 21.3. The maximum absolute atomic E-state index is 13.7. The lowest BCUT2D eigenvalue weighted by atomic mass is 9.95. The standard InChI is InChI=1S/C22H25N2O3P/c1-4-15-22(17-23,16-19-11-7-5-8-12-19)27-28(25)24(3)18(2)21(26-28)20-13-9-6-10-14-20/h4-15,18,21H,16H2,1-3H3/b15-4+. The summed E-state index contributed by atoms with van der Waals surface area (Å²) in [4.78, 5) is 0. The molecule has 0 spiro atoms. The van der Waals surface area contributed by atoms with Crippen molar-refractivity contribution in [2.45, 2.75) is 38.0 Å². The van der Waals surface area contributed by atoms with Crippen LogP contribution in [0.5, 0.6) is 0 Å². The van der Waals surface area contributed by atoms with Crippen LogP contribution in [-0.4, -0.2) is 23.4 Å². The number of allylic oxidation sites excluding steroid dienone is 1. The van der Waals surface area contributed by atoms with E-state index in [1.165, 1.54) is 0 Å². The number of nitriles is 1. The molecule has 0 amide bonds. The van der Waals surface area contributed by atoms with E-state index in [0.29, 0.717) is 0 Å². The number of rotatable bonds is 6. The van der Waals surface area contributed by atoms with Gasteiger partial charge in [0.15, 0.2) is 5.60 Å². The van der Waals surface area contributed by atoms with Gasteiger partial charge in [0.1, 0.15) is 12.2 Å². The molecular formula is C22H25N2O3P. The minimum atomic E-state index is -3.68. The van der Waals surface area contributed by atoms with Crippen molar-refractivity contribution in [1.82, 2.24) is 4.67 Å². The van der Waals surface area contributed by atoms with E-state index in [4.69, 9.17) is 9.05 Å². The van der Waals surface area contributed by atoms with Crippen molar-refractivity contribution >= 4 is 7.75 Å². The van der Waals surface area contributed by atoms with Crippen LogP contribution >= 0.6 is 7.75 Å². The first-order chi connectivity index (χ1) is 13.4. The first-order valence-corrected chi connectivity index (χ1v) is 10.8. The van der Waals surface area contributed by atoms with Gasteiger partial charge in [0.2, 0.25) is 0 Å². The molecule has 5 nitrogen and oxygen atoms in total. The highest BCUT2D eigenvalue weighted by Crippen LogP contribution is 2.64. The lowest BCUT2D eigenvalue weighted by Crippen LogP contribution is -2.33. The third-order valence-corrected chi connectivity index (χ3v) is 7.19. The lowest BCUT2D eigenvalue weighted by Gasteiger charge is -2.29. The Bertz CT molecular complexity index is 910. The molecule has 0 aromatic heterocycles. The molecule has 1 fully saturated rings. The Morgan fingerprint density at radius 3 is 2.39 bits per heavy atom. The average molecular weight is 396 g/mol. The van der Waals surface area contributed by atoms with Crippen LogP contribution in [0.25, 0.3) is 0 Å². The Labute approximate surface area is 166 Å². The number of likely N-dealkylation sites (N-methyl/N-ethyl adjacent to an activating group) is 1. The van der Waals surface area contributed by atoms with E-state index in [1.54, 1.807) is 23.9 Å². The molecule has 0 N–H and O–H groups in total. The third kappa shape index (κ3) is 4.11. The van der Waals surface area contributed by atoms with Gasteiger partial charge in [-0.15, -0.1) is 0 Å². The molecule has 4 unspecified atom stereocenters. The van der Waals surface area contributed by atoms with Crippen molar-refractivity contribution in [3.8, 4) is 6.07 Å². The first kappa shape index (κ1) is 20.5. The zero-order valence-corrected chi connectivity index (χ0v) is 17.3. The van der Waals surface area contributed by atoms with Crippen molar-refractivity contribution in [2.24, 2.45) is 0 Å². The van der Waals surface area contributed by atoms with Crippen LogP contribution in [0.2, 0.25) is 0 Å². The molecule has 1 heterocycles. The van der Waals surface area contributed by atoms with Gasteiger partial charge in [0.25, 0.3) is 0 Å². The summed E-state index contributed by atoms with van der Waals surface area (Å²) in [6.07, 6.45) is 3.28. The molecular weight excluding hydrogens is 371 g/mol. The average Bonchev–Trinajstić information content (AvgIpc) is 2.93. The second kappa shape index (κ2) is 8.43. The monoisotopic (exact) mass is 396 g/mol. The van der Waals surface area contributed by atoms with E-state index in [2.05, 4.69) is 6.07 Å². The molecule has 1 saturated heterocycles. The quantitative estimate of drug-likeness (QED) is 0.491. The molecule has 2 aromatic carbocycles. The van der Waals surface area contributed by atoms with Crippen LogP contribution < -0.4 is 0 Å². The zero-order chi connectivity index (χ0) is 20.2. The van der Waals surface area contributed by atoms with Crippen LogP contribution in [0.1, 0.15) is 31.1 Å². The van der Waals surface area contributed by atoms with Crippen LogP contribution in [0.15, 0.2) is 72.8 Å². The van der Waals surface area contributed by atoms with Crippen molar-refractivity contribution in [3.63, 3.8) is 0 Å². The summed E-state index contributed by atoms with van der Waals surface area (Å²) >= 11 is 0. The van der Waals surface area contributed by atoms with Gasteiger partial charge in [-0.3, -0.25) is 9.05 Å². The van der Waals surface area contributed by atoms with E-state index in [9.17, 15) is 9.83 Å². The summed E-state index contributed by atoms with van der Waals surface area (Å²) < 4.78 is 27.3. The second-order valence-electron chi connectivity index (χ2n) is 6.97. The van der Waals surface area contributed by atoms with Crippen molar-refractivity contribution in [1.29, 1.82) is 5.26 Å². The first-order valence-electron chi connectivity index (χ1n) is 9.29. The molecule has 6 heteroatoms. The Morgan fingerprint density at radius 1 is 1.21 bits per heavy atom. The van der Waals surface area contributed by atoms with Crippen LogP contribution in [0.4, 0.5) is 0 Å². The fraction of sp³-hybridized carbons (Fsp3) is 0.318. The van der Waals surface area contributed by atoms with E-state index in [-0.39, 0.29) is 12.5 Å². The fourth-order valence-corrected chi connectivity index (χ4v) is 5.44. The third-order valence-electron chi connectivity index (χ3n) is 5.00. The highest BCUT2D eigenvalue weighted by molar-refractivity contribution is 7.51. The molecule has 28 heavy (non-hydrogen) atoms. The van der Waals surface area contributed by atoms with Gasteiger partial charge in [-0.25, -0.2) is 9.24 Å². The Morgan fingerprint density at radius 2 is 1.82 bits per heavy atom. The van der Waals surface area contributed by atoms with E-state index < -0.39 is 19.5 Å². The Hall–Kier alpha value is -2.22. The largest absolute Gasteiger partial charge is 0.410 e. The van der Waals surface area contributed by atoms with Gasteiger partial charge in [0, 0.05) is 12.5 Å². The second-order valence-corrected chi connectivity index (χ2v) is 8.94. The lowest BCUT2D eigenvalue weighted by molar-refractivity contribution is 0.116. The van der Waals surface area contributed by atoms with Crippen molar-refractivity contribution in [2.75, 3.05) is 7.05 Å². The van der Waals surface area contributed by atoms with Gasteiger partial charge in [0.05, 0.1) is 0 Å². The summed E-state index contributed by atoms with van der Waals surface area (Å²) in [6.45, 7) is 3.76.